The van der Waals surface area contributed by atoms with Crippen LogP contribution in [0, 0.1) is 28.1 Å². The molecule has 0 amide bonds. The molecule has 1 saturated carbocycles. The molecule has 8 rings (SSSR count). The zero-order valence-corrected chi connectivity index (χ0v) is 23.5. The summed E-state index contributed by atoms with van der Waals surface area (Å²) in [4.78, 5) is 27.1. The maximum atomic E-state index is 13.8. The summed E-state index contributed by atoms with van der Waals surface area (Å²) in [6, 6.07) is 7.96. The van der Waals surface area contributed by atoms with E-state index in [9.17, 15) is 9.59 Å². The molecule has 0 spiro atoms. The van der Waals surface area contributed by atoms with Crippen molar-refractivity contribution >= 4 is 11.8 Å². The van der Waals surface area contributed by atoms with Crippen LogP contribution in [0.2, 0.25) is 0 Å². The summed E-state index contributed by atoms with van der Waals surface area (Å²) in [6.07, 6.45) is 5.93. The number of esters is 1. The highest BCUT2D eigenvalue weighted by Crippen LogP contribution is 2.72. The van der Waals surface area contributed by atoms with Gasteiger partial charge in [0.05, 0.1) is 17.8 Å². The highest BCUT2D eigenvalue weighted by molar-refractivity contribution is 6.00. The van der Waals surface area contributed by atoms with Gasteiger partial charge in [0.15, 0.2) is 17.3 Å². The van der Waals surface area contributed by atoms with Crippen molar-refractivity contribution in [1.29, 1.82) is 0 Å². The second kappa shape index (κ2) is 7.69. The summed E-state index contributed by atoms with van der Waals surface area (Å²) < 4.78 is 30.3. The van der Waals surface area contributed by atoms with Gasteiger partial charge in [0.1, 0.15) is 18.0 Å². The molecule has 0 unspecified atom stereocenters. The van der Waals surface area contributed by atoms with Crippen LogP contribution in [-0.4, -0.2) is 36.9 Å². The van der Waals surface area contributed by atoms with Crippen LogP contribution in [0.3, 0.4) is 0 Å². The van der Waals surface area contributed by atoms with Crippen molar-refractivity contribution in [3.05, 3.63) is 59.4 Å². The first-order valence-corrected chi connectivity index (χ1v) is 14.4. The van der Waals surface area contributed by atoms with Crippen molar-refractivity contribution in [3.63, 3.8) is 0 Å². The van der Waals surface area contributed by atoms with E-state index in [2.05, 4.69) is 33.8 Å². The highest BCUT2D eigenvalue weighted by atomic mass is 16.7. The van der Waals surface area contributed by atoms with Gasteiger partial charge in [-0.2, -0.15) is 0 Å². The van der Waals surface area contributed by atoms with Crippen LogP contribution >= 0.6 is 0 Å². The number of rotatable bonds is 3. The van der Waals surface area contributed by atoms with E-state index < -0.39 is 22.3 Å². The van der Waals surface area contributed by atoms with Crippen LogP contribution in [-0.2, 0) is 19.1 Å². The normalized spacial score (nSPS) is 42.2. The van der Waals surface area contributed by atoms with E-state index in [0.29, 0.717) is 0 Å². The fourth-order valence-corrected chi connectivity index (χ4v) is 9.95. The van der Waals surface area contributed by atoms with Gasteiger partial charge in [-0.25, -0.2) is 0 Å². The van der Waals surface area contributed by atoms with Crippen molar-refractivity contribution in [3.8, 4) is 22.8 Å². The van der Waals surface area contributed by atoms with Crippen LogP contribution in [0.5, 0.6) is 11.5 Å². The molecule has 1 aromatic carbocycles. The Morgan fingerprint density at radius 3 is 2.62 bits per heavy atom. The second-order valence-corrected chi connectivity index (χ2v) is 13.1. The zero-order chi connectivity index (χ0) is 27.8. The lowest BCUT2D eigenvalue weighted by atomic mass is 9.42. The lowest BCUT2D eigenvalue weighted by Crippen LogP contribution is -2.65. The Hall–Kier alpha value is -3.32. The largest absolute Gasteiger partial charge is 0.464 e. The molecule has 3 aliphatic carbocycles. The van der Waals surface area contributed by atoms with Gasteiger partial charge in [-0.3, -0.25) is 9.59 Å². The molecule has 0 N–H and O–H groups in total. The van der Waals surface area contributed by atoms with Crippen LogP contribution in [0.15, 0.2) is 58.2 Å². The third-order valence-corrected chi connectivity index (χ3v) is 11.5. The van der Waals surface area contributed by atoms with Gasteiger partial charge in [-0.05, 0) is 62.1 Å². The Bertz CT molecular complexity index is 1550. The molecule has 9 atom stereocenters. The van der Waals surface area contributed by atoms with Gasteiger partial charge >= 0.3 is 5.97 Å². The van der Waals surface area contributed by atoms with E-state index in [1.165, 1.54) is 11.1 Å². The van der Waals surface area contributed by atoms with Gasteiger partial charge in [0, 0.05) is 33.8 Å². The number of hydrogen-bond donors (Lipinski definition) is 0. The molecule has 3 aliphatic heterocycles. The van der Waals surface area contributed by atoms with Crippen LogP contribution < -0.4 is 9.47 Å². The Kier molecular flexibility index (Phi) is 4.71. The fraction of sp³-hybridized carbons (Fsp3) is 0.515. The summed E-state index contributed by atoms with van der Waals surface area (Å²) in [5.74, 6) is 2.01. The standard InChI is InChI=1S/C33H34O7/c1-6-23-32(4)24(34)9-11-31(3)28(32)27(40-30(31)35)29-33(23,5)25-16(2)19(14-22(25)39-29)18-10-12-36-26(18)17-7-8-20-21(13-17)38-15-37-20/h7-13,19,22-23,27-29H,6,14-15H2,1-5H3/t19-,22-,23-,27-,28+,29-,31-,32+,33-/m1/s1. The molecule has 0 bridgehead atoms. The third-order valence-electron chi connectivity index (χ3n) is 11.5. The summed E-state index contributed by atoms with van der Waals surface area (Å²) >= 11 is 0. The molecule has 40 heavy (non-hydrogen) atoms. The number of carbonyl (C=O) groups excluding carboxylic acids is 2. The summed E-state index contributed by atoms with van der Waals surface area (Å²) in [5, 5.41) is 0. The second-order valence-electron chi connectivity index (χ2n) is 13.1. The maximum absolute atomic E-state index is 13.8. The first kappa shape index (κ1) is 24.5. The van der Waals surface area contributed by atoms with Crippen molar-refractivity contribution in [2.75, 3.05) is 6.79 Å². The molecule has 2 saturated heterocycles. The van der Waals surface area contributed by atoms with E-state index in [1.54, 1.807) is 18.4 Å². The Labute approximate surface area is 233 Å². The number of ether oxygens (including phenoxy) is 4. The van der Waals surface area contributed by atoms with Gasteiger partial charge in [-0.15, -0.1) is 0 Å². The van der Waals surface area contributed by atoms with E-state index in [1.807, 2.05) is 25.1 Å². The topological polar surface area (TPSA) is 84.2 Å². The molecule has 2 aromatic rings. The Morgan fingerprint density at radius 2 is 1.82 bits per heavy atom. The molecule has 6 aliphatic rings. The Morgan fingerprint density at radius 1 is 1.02 bits per heavy atom. The first-order valence-electron chi connectivity index (χ1n) is 14.4. The highest BCUT2D eigenvalue weighted by Gasteiger charge is 2.77. The van der Waals surface area contributed by atoms with Crippen LogP contribution in [0.4, 0.5) is 0 Å². The van der Waals surface area contributed by atoms with Gasteiger partial charge < -0.3 is 23.4 Å². The number of fused-ring (bicyclic) bond motifs is 5. The maximum Gasteiger partial charge on any atom is 0.316 e. The molecular formula is C33H34O7. The average molecular weight is 543 g/mol. The number of ketones is 1. The van der Waals surface area contributed by atoms with E-state index in [4.69, 9.17) is 23.4 Å². The fourth-order valence-electron chi connectivity index (χ4n) is 9.95. The molecule has 1 aromatic heterocycles. The van der Waals surface area contributed by atoms with E-state index in [-0.39, 0.29) is 48.5 Å². The number of carbonyl (C=O) groups is 2. The first-order chi connectivity index (χ1) is 19.1. The molecule has 7 nitrogen and oxygen atoms in total. The number of benzene rings is 1. The van der Waals surface area contributed by atoms with E-state index in [0.717, 1.165) is 41.2 Å². The third kappa shape index (κ3) is 2.66. The number of furan rings is 1. The molecule has 3 fully saturated rings. The monoisotopic (exact) mass is 542 g/mol. The molecule has 0 radical (unpaired) electrons. The lowest BCUT2D eigenvalue weighted by Gasteiger charge is -2.59. The summed E-state index contributed by atoms with van der Waals surface area (Å²) in [6.45, 7) is 10.9. The number of hydrogen-bond acceptors (Lipinski definition) is 7. The molecule has 7 heteroatoms. The predicted molar refractivity (Wildman–Crippen MR) is 145 cm³/mol. The van der Waals surface area contributed by atoms with Gasteiger partial charge in [-0.1, -0.05) is 38.8 Å². The van der Waals surface area contributed by atoms with Crippen molar-refractivity contribution in [2.24, 2.45) is 28.1 Å². The minimum Gasteiger partial charge on any atom is -0.464 e. The summed E-state index contributed by atoms with van der Waals surface area (Å²) in [7, 11) is 0. The smallest absolute Gasteiger partial charge is 0.316 e. The predicted octanol–water partition coefficient (Wildman–Crippen LogP) is 5.99. The van der Waals surface area contributed by atoms with E-state index >= 15 is 0 Å². The quantitative estimate of drug-likeness (QED) is 0.348. The SMILES string of the molecule is CC[C@H]1[C@]2(C)C3=C(C)[C@H](c4ccoc4-c4ccc5c(c4)OCO5)C[C@H]3O[C@@H]2[C@@H]2OC(=O)[C@]3(C)C=CC(=O)[C@@]1(C)[C@@H]23. The Balaban J connectivity index is 1.24. The molecule has 208 valence electrons. The zero-order valence-electron chi connectivity index (χ0n) is 23.5. The van der Waals surface area contributed by atoms with Crippen molar-refractivity contribution in [2.45, 2.75) is 71.7 Å². The summed E-state index contributed by atoms with van der Waals surface area (Å²) in [5.41, 5.74) is 2.63. The minimum absolute atomic E-state index is 0.00362. The van der Waals surface area contributed by atoms with Crippen molar-refractivity contribution < 1.29 is 33.0 Å². The number of allylic oxidation sites excluding steroid dienone is 2. The van der Waals surface area contributed by atoms with Gasteiger partial charge in [0.2, 0.25) is 6.79 Å². The molecular weight excluding hydrogens is 508 g/mol. The minimum atomic E-state index is -0.814. The average Bonchev–Trinajstić information content (AvgIpc) is 3.73. The lowest BCUT2D eigenvalue weighted by molar-refractivity contribution is -0.186. The van der Waals surface area contributed by atoms with Crippen LogP contribution in [0.25, 0.3) is 11.3 Å². The molecule has 4 heterocycles. The van der Waals surface area contributed by atoms with Crippen LogP contribution in [0.1, 0.15) is 58.9 Å². The van der Waals surface area contributed by atoms with Gasteiger partial charge in [0.25, 0.3) is 0 Å². The van der Waals surface area contributed by atoms with Crippen molar-refractivity contribution in [1.82, 2.24) is 0 Å².